The van der Waals surface area contributed by atoms with Crippen LogP contribution in [-0.4, -0.2) is 12.9 Å². The predicted molar refractivity (Wildman–Crippen MR) is 56.9 cm³/mol. The molecule has 5 heteroatoms. The van der Waals surface area contributed by atoms with Crippen LogP contribution < -0.4 is 9.68 Å². The third-order valence-electron chi connectivity index (χ3n) is 2.03. The molecule has 0 unspecified atom stereocenters. The van der Waals surface area contributed by atoms with Crippen LogP contribution in [0.3, 0.4) is 0 Å². The largest absolute Gasteiger partial charge is 0.496 e. The van der Waals surface area contributed by atoms with Gasteiger partial charge in [-0.15, -0.1) is 0 Å². The molecule has 4 nitrogen and oxygen atoms in total. The first-order valence-corrected chi connectivity index (χ1v) is 5.06. The fraction of sp³-hybridized carbons (Fsp3) is 0.200. The number of rotatable bonds is 2. The number of benzene rings is 1. The van der Waals surface area contributed by atoms with Crippen molar-refractivity contribution in [2.45, 2.75) is 6.92 Å². The second-order valence-electron chi connectivity index (χ2n) is 3.01. The molecule has 0 saturated heterocycles. The average molecular weight is 224 g/mol. The lowest BCUT2D eigenvalue weighted by Crippen LogP contribution is -1.96. The summed E-state index contributed by atoms with van der Waals surface area (Å²) in [5, 5.41) is 0. The molecule has 1 aromatic carbocycles. The summed E-state index contributed by atoms with van der Waals surface area (Å²) in [6.45, 7) is 1.45. The van der Waals surface area contributed by atoms with E-state index in [0.717, 1.165) is 11.3 Å². The highest BCUT2D eigenvalue weighted by Gasteiger charge is 2.12. The Labute approximate surface area is 89.1 Å². The van der Waals surface area contributed by atoms with Gasteiger partial charge in [0.1, 0.15) is 5.75 Å². The van der Waals surface area contributed by atoms with E-state index in [2.05, 4.69) is 0 Å². The number of hydrogen-bond acceptors (Lipinski definition) is 5. The SMILES string of the molecule is COc1cc2oc(=O)sc2cc1C(C)=O. The molecule has 1 heterocycles. The molecule has 0 bridgehead atoms. The number of ketones is 1. The van der Waals surface area contributed by atoms with Gasteiger partial charge in [0.25, 0.3) is 0 Å². The third kappa shape index (κ3) is 1.66. The molecular weight excluding hydrogens is 216 g/mol. The van der Waals surface area contributed by atoms with Crippen LogP contribution in [0.2, 0.25) is 0 Å². The fourth-order valence-corrected chi connectivity index (χ4v) is 2.03. The van der Waals surface area contributed by atoms with Crippen LogP contribution in [0.5, 0.6) is 5.75 Å². The Morgan fingerprint density at radius 1 is 1.47 bits per heavy atom. The van der Waals surface area contributed by atoms with Crippen LogP contribution >= 0.6 is 11.3 Å². The maximum Gasteiger partial charge on any atom is 0.396 e. The number of hydrogen-bond donors (Lipinski definition) is 0. The van der Waals surface area contributed by atoms with Gasteiger partial charge in [-0.05, 0) is 13.0 Å². The van der Waals surface area contributed by atoms with Crippen molar-refractivity contribution in [3.8, 4) is 5.75 Å². The zero-order chi connectivity index (χ0) is 11.0. The zero-order valence-corrected chi connectivity index (χ0v) is 9.01. The quantitative estimate of drug-likeness (QED) is 0.733. The van der Waals surface area contributed by atoms with Crippen LogP contribution in [-0.2, 0) is 0 Å². The highest BCUT2D eigenvalue weighted by atomic mass is 32.1. The molecule has 0 aliphatic rings. The van der Waals surface area contributed by atoms with Gasteiger partial charge < -0.3 is 9.15 Å². The van der Waals surface area contributed by atoms with E-state index in [4.69, 9.17) is 9.15 Å². The second-order valence-corrected chi connectivity index (χ2v) is 3.99. The molecule has 0 aliphatic heterocycles. The molecule has 2 aromatic rings. The normalized spacial score (nSPS) is 10.5. The molecule has 0 saturated carbocycles. The first kappa shape index (κ1) is 9.92. The predicted octanol–water partition coefficient (Wildman–Crippen LogP) is 2.07. The van der Waals surface area contributed by atoms with Crippen LogP contribution in [0.1, 0.15) is 17.3 Å². The Balaban J connectivity index is 2.79. The minimum Gasteiger partial charge on any atom is -0.496 e. The monoisotopic (exact) mass is 224 g/mol. The Morgan fingerprint density at radius 2 is 2.20 bits per heavy atom. The highest BCUT2D eigenvalue weighted by Crippen LogP contribution is 2.27. The maximum absolute atomic E-state index is 11.3. The van der Waals surface area contributed by atoms with Crippen molar-refractivity contribution in [1.82, 2.24) is 0 Å². The molecule has 2 rings (SSSR count). The third-order valence-corrected chi connectivity index (χ3v) is 2.82. The van der Waals surface area contributed by atoms with Crippen molar-refractivity contribution in [3.63, 3.8) is 0 Å². The van der Waals surface area contributed by atoms with E-state index >= 15 is 0 Å². The summed E-state index contributed by atoms with van der Waals surface area (Å²) in [5.41, 5.74) is 0.911. The van der Waals surface area contributed by atoms with Crippen LogP contribution in [0.15, 0.2) is 21.3 Å². The Hall–Kier alpha value is -1.62. The summed E-state index contributed by atoms with van der Waals surface area (Å²) in [5.74, 6) is 0.325. The first-order valence-electron chi connectivity index (χ1n) is 4.24. The summed E-state index contributed by atoms with van der Waals surface area (Å²) >= 11 is 0.973. The Kier molecular flexibility index (Phi) is 2.32. The van der Waals surface area contributed by atoms with E-state index in [1.165, 1.54) is 14.0 Å². The number of fused-ring (bicyclic) bond motifs is 1. The van der Waals surface area contributed by atoms with E-state index in [0.29, 0.717) is 21.6 Å². The first-order chi connectivity index (χ1) is 7.11. The van der Waals surface area contributed by atoms with Gasteiger partial charge in [-0.2, -0.15) is 0 Å². The van der Waals surface area contributed by atoms with Gasteiger partial charge >= 0.3 is 4.94 Å². The minimum atomic E-state index is -0.382. The minimum absolute atomic E-state index is 0.102. The topological polar surface area (TPSA) is 56.5 Å². The molecule has 0 aliphatic carbocycles. The number of Topliss-reactive ketones (excluding diaryl/α,β-unsaturated/α-hetero) is 1. The Bertz CT molecular complexity index is 579. The molecule has 15 heavy (non-hydrogen) atoms. The molecule has 0 fully saturated rings. The second kappa shape index (κ2) is 3.51. The van der Waals surface area contributed by atoms with Gasteiger partial charge in [-0.1, -0.05) is 11.3 Å². The number of methoxy groups -OCH3 is 1. The van der Waals surface area contributed by atoms with Gasteiger partial charge in [0.05, 0.1) is 17.4 Å². The smallest absolute Gasteiger partial charge is 0.396 e. The van der Waals surface area contributed by atoms with Crippen LogP contribution in [0.25, 0.3) is 10.3 Å². The van der Waals surface area contributed by atoms with E-state index in [9.17, 15) is 9.59 Å². The lowest BCUT2D eigenvalue weighted by molar-refractivity contribution is 0.101. The summed E-state index contributed by atoms with van der Waals surface area (Å²) < 4.78 is 10.6. The van der Waals surface area contributed by atoms with E-state index in [-0.39, 0.29) is 10.7 Å². The van der Waals surface area contributed by atoms with Crippen molar-refractivity contribution in [2.24, 2.45) is 0 Å². The van der Waals surface area contributed by atoms with Crippen molar-refractivity contribution in [3.05, 3.63) is 27.4 Å². The maximum atomic E-state index is 11.3. The molecule has 0 N–H and O–H groups in total. The zero-order valence-electron chi connectivity index (χ0n) is 8.20. The summed E-state index contributed by atoms with van der Waals surface area (Å²) in [6.07, 6.45) is 0. The van der Waals surface area contributed by atoms with Crippen LogP contribution in [0, 0.1) is 0 Å². The standard InChI is InChI=1S/C10H8O4S/c1-5(11)6-3-9-8(4-7(6)13-2)14-10(12)15-9/h3-4H,1-2H3. The average Bonchev–Trinajstić information content (AvgIpc) is 2.54. The molecule has 0 radical (unpaired) electrons. The summed E-state index contributed by atoms with van der Waals surface area (Å²) in [7, 11) is 1.47. The van der Waals surface area contributed by atoms with Crippen molar-refractivity contribution in [2.75, 3.05) is 7.11 Å². The lowest BCUT2D eigenvalue weighted by atomic mass is 10.1. The van der Waals surface area contributed by atoms with Crippen molar-refractivity contribution < 1.29 is 13.9 Å². The van der Waals surface area contributed by atoms with Gasteiger partial charge in [0, 0.05) is 6.07 Å². The number of carbonyl (C=O) groups is 1. The number of ether oxygens (including phenoxy) is 1. The van der Waals surface area contributed by atoms with Gasteiger partial charge in [-0.3, -0.25) is 4.79 Å². The summed E-state index contributed by atoms with van der Waals surface area (Å²) in [6, 6.07) is 3.18. The molecule has 78 valence electrons. The lowest BCUT2D eigenvalue weighted by Gasteiger charge is -2.04. The van der Waals surface area contributed by atoms with Gasteiger partial charge in [0.15, 0.2) is 11.4 Å². The molecule has 0 spiro atoms. The van der Waals surface area contributed by atoms with Gasteiger partial charge in [0.2, 0.25) is 0 Å². The van der Waals surface area contributed by atoms with Crippen molar-refractivity contribution >= 4 is 27.4 Å². The van der Waals surface area contributed by atoms with E-state index in [1.807, 2.05) is 0 Å². The van der Waals surface area contributed by atoms with Gasteiger partial charge in [-0.25, -0.2) is 4.79 Å². The van der Waals surface area contributed by atoms with E-state index in [1.54, 1.807) is 12.1 Å². The molecule has 0 amide bonds. The number of carbonyl (C=O) groups excluding carboxylic acids is 1. The van der Waals surface area contributed by atoms with Crippen molar-refractivity contribution in [1.29, 1.82) is 0 Å². The highest BCUT2D eigenvalue weighted by molar-refractivity contribution is 7.16. The molecule has 1 aromatic heterocycles. The van der Waals surface area contributed by atoms with Crippen LogP contribution in [0.4, 0.5) is 0 Å². The Morgan fingerprint density at radius 3 is 2.80 bits per heavy atom. The molecule has 0 atom stereocenters. The van der Waals surface area contributed by atoms with E-state index < -0.39 is 0 Å². The molecular formula is C10H8O4S. The summed E-state index contributed by atoms with van der Waals surface area (Å²) in [4.78, 5) is 21.9. The fourth-order valence-electron chi connectivity index (χ4n) is 1.35.